The molecule has 1 aliphatic rings. The Balaban J connectivity index is 0.00000506. The molecule has 0 bridgehead atoms. The second-order valence-electron chi connectivity index (χ2n) is 10.8. The minimum Gasteiger partial charge on any atom is -0.548 e. The van der Waals surface area contributed by atoms with E-state index in [1.165, 1.54) is 23.9 Å². The molecule has 3 aromatic rings. The fourth-order valence-electron chi connectivity index (χ4n) is 5.40. The second-order valence-corrected chi connectivity index (χ2v) is 13.0. The minimum atomic E-state index is -1.31. The summed E-state index contributed by atoms with van der Waals surface area (Å²) in [6.45, 7) is 3.68. The van der Waals surface area contributed by atoms with Crippen LogP contribution in [0.25, 0.3) is 11.1 Å². The summed E-state index contributed by atoms with van der Waals surface area (Å²) in [4.78, 5) is 27.4. The number of carboxylic acid groups (broad SMARTS) is 1. The minimum absolute atomic E-state index is 0. The summed E-state index contributed by atoms with van der Waals surface area (Å²) in [7, 11) is 0. The molecule has 0 aromatic heterocycles. The quantitative estimate of drug-likeness (QED) is 0.297. The molecule has 4 rings (SSSR count). The molecule has 10 heteroatoms. The fourth-order valence-corrected chi connectivity index (χ4v) is 7.08. The summed E-state index contributed by atoms with van der Waals surface area (Å²) in [5.41, 5.74) is 4.47. The Morgan fingerprint density at radius 1 is 1.00 bits per heavy atom. The van der Waals surface area contributed by atoms with E-state index in [0.717, 1.165) is 53.6 Å². The number of carbonyl (C=O) groups excluding carboxylic acids is 2. The number of amides is 1. The molecule has 43 heavy (non-hydrogen) atoms. The molecule has 1 heterocycles. The van der Waals surface area contributed by atoms with E-state index in [-0.39, 0.29) is 25.3 Å². The van der Waals surface area contributed by atoms with Crippen LogP contribution in [0.4, 0.5) is 8.78 Å². The van der Waals surface area contributed by atoms with Gasteiger partial charge in [-0.2, -0.15) is 23.5 Å². The van der Waals surface area contributed by atoms with Gasteiger partial charge in [0.1, 0.15) is 11.6 Å². The predicted molar refractivity (Wildman–Crippen MR) is 166 cm³/mol. The SMILES string of the molecule is CSCC[C@H](NC(=O)c1ccc(CN(Cc2cc(F)cc(F)c2)CC2CCSCC2)cc1-c1ccccc1C)C(=O)[O-].[Li+]. The van der Waals surface area contributed by atoms with E-state index in [2.05, 4.69) is 10.2 Å². The molecule has 224 valence electrons. The van der Waals surface area contributed by atoms with Gasteiger partial charge >= 0.3 is 18.9 Å². The van der Waals surface area contributed by atoms with Gasteiger partial charge in [-0.3, -0.25) is 9.69 Å². The first-order valence-electron chi connectivity index (χ1n) is 14.2. The molecular formula is C33H37F2LiN2O3S2. The number of rotatable bonds is 13. The summed E-state index contributed by atoms with van der Waals surface area (Å²) >= 11 is 3.46. The number of aliphatic carboxylic acids is 1. The van der Waals surface area contributed by atoms with Gasteiger partial charge in [0.2, 0.25) is 0 Å². The average Bonchev–Trinajstić information content (AvgIpc) is 2.95. The molecule has 1 atom stereocenters. The number of carbonyl (C=O) groups is 2. The van der Waals surface area contributed by atoms with Crippen LogP contribution in [0, 0.1) is 24.5 Å². The van der Waals surface area contributed by atoms with Crippen LogP contribution in [0.3, 0.4) is 0 Å². The standard InChI is InChI=1S/C33H38F2N2O3S2.Li/c1-22-5-3-4-6-28(22)30-17-24(7-8-29(30)32(38)36-31(33(39)40)11-12-41-2)20-37(19-23-9-13-42-14-10-23)21-25-15-26(34)18-27(35)16-25;/h3-8,15-18,23,31H,9-14,19-21H2,1-2H3,(H,36,38)(H,39,40);/q;+1/p-1/t31-;/m0./s1. The average molecular weight is 619 g/mol. The third-order valence-electron chi connectivity index (χ3n) is 7.56. The van der Waals surface area contributed by atoms with Gasteiger partial charge in [0.05, 0.1) is 12.0 Å². The van der Waals surface area contributed by atoms with Gasteiger partial charge in [-0.25, -0.2) is 8.78 Å². The Hall–Kier alpha value is -2.28. The molecule has 3 aromatic carbocycles. The maximum Gasteiger partial charge on any atom is 1.00 e. The van der Waals surface area contributed by atoms with Crippen LogP contribution in [-0.2, 0) is 17.9 Å². The molecule has 0 aliphatic carbocycles. The first kappa shape index (κ1) is 35.2. The largest absolute Gasteiger partial charge is 1.00 e. The van der Waals surface area contributed by atoms with Gasteiger partial charge < -0.3 is 15.2 Å². The maximum absolute atomic E-state index is 14.0. The second kappa shape index (κ2) is 17.3. The van der Waals surface area contributed by atoms with Crippen molar-refractivity contribution < 1.29 is 42.3 Å². The van der Waals surface area contributed by atoms with E-state index in [1.807, 2.05) is 61.3 Å². The van der Waals surface area contributed by atoms with Crippen LogP contribution < -0.4 is 29.3 Å². The van der Waals surface area contributed by atoms with Crippen LogP contribution in [-0.4, -0.2) is 52.9 Å². The van der Waals surface area contributed by atoms with E-state index < -0.39 is 29.6 Å². The van der Waals surface area contributed by atoms with Crippen molar-refractivity contribution in [2.75, 3.05) is 30.1 Å². The molecule has 1 fully saturated rings. The monoisotopic (exact) mass is 618 g/mol. The van der Waals surface area contributed by atoms with Crippen LogP contribution >= 0.6 is 23.5 Å². The van der Waals surface area contributed by atoms with E-state index in [0.29, 0.717) is 41.5 Å². The van der Waals surface area contributed by atoms with Crippen LogP contribution in [0.2, 0.25) is 0 Å². The van der Waals surface area contributed by atoms with Crippen molar-refractivity contribution in [1.29, 1.82) is 0 Å². The van der Waals surface area contributed by atoms with Crippen LogP contribution in [0.15, 0.2) is 60.7 Å². The van der Waals surface area contributed by atoms with Crippen molar-refractivity contribution in [3.63, 3.8) is 0 Å². The number of halogens is 2. The van der Waals surface area contributed by atoms with Crippen molar-refractivity contribution in [1.82, 2.24) is 10.2 Å². The predicted octanol–water partition coefficient (Wildman–Crippen LogP) is 2.69. The molecule has 1 amide bonds. The van der Waals surface area contributed by atoms with E-state index in [9.17, 15) is 23.5 Å². The van der Waals surface area contributed by atoms with Crippen LogP contribution in [0.5, 0.6) is 0 Å². The van der Waals surface area contributed by atoms with Gasteiger partial charge in [-0.1, -0.05) is 30.3 Å². The van der Waals surface area contributed by atoms with Crippen molar-refractivity contribution in [2.24, 2.45) is 5.92 Å². The first-order chi connectivity index (χ1) is 20.2. The van der Waals surface area contributed by atoms with Gasteiger partial charge in [0.15, 0.2) is 0 Å². The number of thioether (sulfide) groups is 2. The molecule has 1 aliphatic heterocycles. The Labute approximate surface area is 273 Å². The zero-order chi connectivity index (χ0) is 30.1. The maximum atomic E-state index is 14.0. The molecule has 1 N–H and O–H groups in total. The number of aryl methyl sites for hydroxylation is 1. The number of nitrogens with zero attached hydrogens (tertiary/aromatic N) is 1. The third kappa shape index (κ3) is 10.4. The number of carboxylic acids is 1. The summed E-state index contributed by atoms with van der Waals surface area (Å²) in [5, 5.41) is 14.4. The van der Waals surface area contributed by atoms with E-state index >= 15 is 0 Å². The fraction of sp³-hybridized carbons (Fsp3) is 0.394. The van der Waals surface area contributed by atoms with Gasteiger partial charge in [-0.15, -0.1) is 0 Å². The molecule has 1 saturated heterocycles. The van der Waals surface area contributed by atoms with E-state index in [4.69, 9.17) is 0 Å². The van der Waals surface area contributed by atoms with Gasteiger partial charge in [0.25, 0.3) is 5.91 Å². The summed E-state index contributed by atoms with van der Waals surface area (Å²) in [6, 6.07) is 15.9. The molecular weight excluding hydrogens is 581 g/mol. The summed E-state index contributed by atoms with van der Waals surface area (Å²) in [5.74, 6) is 0.323. The zero-order valence-electron chi connectivity index (χ0n) is 25.0. The Morgan fingerprint density at radius 3 is 2.33 bits per heavy atom. The normalized spacial score (nSPS) is 14.3. The Kier molecular flexibility index (Phi) is 14.1. The number of hydrogen-bond acceptors (Lipinski definition) is 6. The Morgan fingerprint density at radius 2 is 1.67 bits per heavy atom. The topological polar surface area (TPSA) is 72.5 Å². The molecule has 5 nitrogen and oxygen atoms in total. The smallest absolute Gasteiger partial charge is 0.548 e. The molecule has 0 radical (unpaired) electrons. The summed E-state index contributed by atoms with van der Waals surface area (Å²) < 4.78 is 28.1. The molecule has 0 unspecified atom stereocenters. The number of nitrogens with one attached hydrogen (secondary N) is 1. The van der Waals surface area contributed by atoms with Gasteiger partial charge in [0, 0.05) is 31.3 Å². The van der Waals surface area contributed by atoms with Crippen molar-refractivity contribution in [3.8, 4) is 11.1 Å². The third-order valence-corrected chi connectivity index (χ3v) is 9.25. The van der Waals surface area contributed by atoms with Crippen molar-refractivity contribution in [3.05, 3.63) is 94.6 Å². The zero-order valence-corrected chi connectivity index (χ0v) is 26.7. The Bertz CT molecular complexity index is 1370. The summed E-state index contributed by atoms with van der Waals surface area (Å²) in [6.07, 6.45) is 4.34. The van der Waals surface area contributed by atoms with Crippen LogP contribution in [0.1, 0.15) is 46.3 Å². The molecule has 0 spiro atoms. The van der Waals surface area contributed by atoms with E-state index in [1.54, 1.807) is 6.07 Å². The number of hydrogen-bond donors (Lipinski definition) is 1. The first-order valence-corrected chi connectivity index (χ1v) is 16.7. The number of benzene rings is 3. The van der Waals surface area contributed by atoms with Gasteiger partial charge in [-0.05, 0) is 108 Å². The molecule has 0 saturated carbocycles. The van der Waals surface area contributed by atoms with Crippen molar-refractivity contribution in [2.45, 2.75) is 45.3 Å². The van der Waals surface area contributed by atoms with Crippen molar-refractivity contribution >= 4 is 35.4 Å².